The van der Waals surface area contributed by atoms with E-state index in [1.54, 1.807) is 0 Å². The third kappa shape index (κ3) is 3.69. The maximum absolute atomic E-state index is 6.04. The molecule has 0 aliphatic heterocycles. The van der Waals surface area contributed by atoms with Gasteiger partial charge in [0.2, 0.25) is 0 Å². The minimum Gasteiger partial charge on any atom is -0.328 e. The molecule has 0 saturated heterocycles. The van der Waals surface area contributed by atoms with Gasteiger partial charge in [-0.25, -0.2) is 0 Å². The van der Waals surface area contributed by atoms with Crippen molar-refractivity contribution in [1.82, 2.24) is 0 Å². The zero-order valence-corrected chi connectivity index (χ0v) is 9.43. The van der Waals surface area contributed by atoms with Gasteiger partial charge >= 0.3 is 0 Å². The van der Waals surface area contributed by atoms with Crippen molar-refractivity contribution in [3.63, 3.8) is 0 Å². The van der Waals surface area contributed by atoms with E-state index in [1.165, 1.54) is 5.56 Å². The van der Waals surface area contributed by atoms with Gasteiger partial charge in [-0.2, -0.15) is 0 Å². The molecule has 0 aliphatic carbocycles. The second-order valence-electron chi connectivity index (χ2n) is 3.65. The fourth-order valence-electron chi connectivity index (χ4n) is 1.46. The zero-order chi connectivity index (χ0) is 10.4. The number of halogens is 1. The Bertz CT molecular complexity index is 273. The number of hydrogen-bond donors (Lipinski definition) is 1. The molecule has 2 heteroatoms. The van der Waals surface area contributed by atoms with Gasteiger partial charge in [-0.05, 0) is 37.3 Å². The molecule has 0 radical (unpaired) electrons. The van der Waals surface area contributed by atoms with Crippen molar-refractivity contribution in [2.75, 3.05) is 0 Å². The van der Waals surface area contributed by atoms with Gasteiger partial charge in [0, 0.05) is 11.1 Å². The van der Waals surface area contributed by atoms with Crippen molar-refractivity contribution in [1.29, 1.82) is 0 Å². The smallest absolute Gasteiger partial charge is 0.0437 e. The third-order valence-corrected chi connectivity index (χ3v) is 2.87. The molecule has 0 amide bonds. The molecule has 1 aromatic carbocycles. The van der Waals surface area contributed by atoms with Gasteiger partial charge in [0.15, 0.2) is 0 Å². The van der Waals surface area contributed by atoms with Crippen LogP contribution in [0.15, 0.2) is 24.3 Å². The maximum atomic E-state index is 6.04. The van der Waals surface area contributed by atoms with Gasteiger partial charge < -0.3 is 5.73 Å². The first kappa shape index (κ1) is 11.5. The van der Waals surface area contributed by atoms with Crippen LogP contribution in [0.5, 0.6) is 0 Å². The fraction of sp³-hybridized carbons (Fsp3) is 0.500. The summed E-state index contributed by atoms with van der Waals surface area (Å²) < 4.78 is 0. The lowest BCUT2D eigenvalue weighted by atomic mass is 10.0. The molecule has 0 heterocycles. The summed E-state index contributed by atoms with van der Waals surface area (Å²) in [6, 6.07) is 8.36. The van der Waals surface area contributed by atoms with Crippen molar-refractivity contribution in [3.8, 4) is 0 Å². The Labute approximate surface area is 91.3 Å². The number of rotatable bonds is 5. The summed E-state index contributed by atoms with van der Waals surface area (Å²) in [5.41, 5.74) is 7.08. The van der Waals surface area contributed by atoms with Gasteiger partial charge in [0.1, 0.15) is 0 Å². The molecule has 78 valence electrons. The largest absolute Gasteiger partial charge is 0.328 e. The molecule has 0 bridgehead atoms. The van der Waals surface area contributed by atoms with Crippen molar-refractivity contribution in [2.45, 2.75) is 38.6 Å². The summed E-state index contributed by atoms with van der Waals surface area (Å²) in [6.45, 7) is 2.13. The van der Waals surface area contributed by atoms with Crippen LogP contribution in [-0.2, 0) is 6.42 Å². The highest BCUT2D eigenvalue weighted by Gasteiger charge is 2.01. The highest BCUT2D eigenvalue weighted by molar-refractivity contribution is 6.31. The second-order valence-corrected chi connectivity index (χ2v) is 4.06. The quantitative estimate of drug-likeness (QED) is 0.794. The first-order valence-electron chi connectivity index (χ1n) is 5.23. The van der Waals surface area contributed by atoms with E-state index in [1.807, 2.05) is 18.2 Å². The average Bonchev–Trinajstić information content (AvgIpc) is 2.20. The van der Waals surface area contributed by atoms with Crippen molar-refractivity contribution in [3.05, 3.63) is 34.9 Å². The van der Waals surface area contributed by atoms with E-state index in [4.69, 9.17) is 17.3 Å². The van der Waals surface area contributed by atoms with Gasteiger partial charge in [-0.1, -0.05) is 36.7 Å². The Kier molecular flexibility index (Phi) is 4.99. The Morgan fingerprint density at radius 2 is 2.07 bits per heavy atom. The SMILES string of the molecule is CCC(N)CCCc1ccccc1Cl. The van der Waals surface area contributed by atoms with E-state index in [9.17, 15) is 0 Å². The molecule has 1 unspecified atom stereocenters. The van der Waals surface area contributed by atoms with Gasteiger partial charge in [-0.3, -0.25) is 0 Å². The summed E-state index contributed by atoms with van der Waals surface area (Å²) in [6.07, 6.45) is 4.30. The monoisotopic (exact) mass is 211 g/mol. The van der Waals surface area contributed by atoms with Gasteiger partial charge in [-0.15, -0.1) is 0 Å². The fourth-order valence-corrected chi connectivity index (χ4v) is 1.69. The van der Waals surface area contributed by atoms with Crippen LogP contribution < -0.4 is 5.73 Å². The van der Waals surface area contributed by atoms with Crippen LogP contribution >= 0.6 is 11.6 Å². The number of benzene rings is 1. The van der Waals surface area contributed by atoms with E-state index in [-0.39, 0.29) is 0 Å². The van der Waals surface area contributed by atoms with E-state index in [0.29, 0.717) is 6.04 Å². The summed E-state index contributed by atoms with van der Waals surface area (Å²) >= 11 is 6.04. The maximum Gasteiger partial charge on any atom is 0.0437 e. The minimum absolute atomic E-state index is 0.345. The van der Waals surface area contributed by atoms with Gasteiger partial charge in [0.25, 0.3) is 0 Å². The van der Waals surface area contributed by atoms with E-state index >= 15 is 0 Å². The van der Waals surface area contributed by atoms with Crippen molar-refractivity contribution < 1.29 is 0 Å². The highest BCUT2D eigenvalue weighted by Crippen LogP contribution is 2.17. The third-order valence-electron chi connectivity index (χ3n) is 2.50. The lowest BCUT2D eigenvalue weighted by molar-refractivity contribution is 0.568. The topological polar surface area (TPSA) is 26.0 Å². The van der Waals surface area contributed by atoms with Crippen LogP contribution in [0.25, 0.3) is 0 Å². The van der Waals surface area contributed by atoms with Crippen LogP contribution in [0, 0.1) is 0 Å². The zero-order valence-electron chi connectivity index (χ0n) is 8.67. The van der Waals surface area contributed by atoms with Crippen LogP contribution in [0.1, 0.15) is 31.7 Å². The van der Waals surface area contributed by atoms with E-state index in [0.717, 1.165) is 30.7 Å². The predicted molar refractivity (Wildman–Crippen MR) is 62.7 cm³/mol. The molecule has 1 atom stereocenters. The normalized spacial score (nSPS) is 12.8. The Morgan fingerprint density at radius 3 is 2.71 bits per heavy atom. The lowest BCUT2D eigenvalue weighted by Gasteiger charge is -2.08. The molecule has 1 aromatic rings. The summed E-state index contributed by atoms with van der Waals surface area (Å²) in [7, 11) is 0. The predicted octanol–water partition coefficient (Wildman–Crippen LogP) is 3.40. The first-order valence-corrected chi connectivity index (χ1v) is 5.60. The Balaban J connectivity index is 2.35. The average molecular weight is 212 g/mol. The van der Waals surface area contributed by atoms with Crippen LogP contribution in [0.4, 0.5) is 0 Å². The van der Waals surface area contributed by atoms with Gasteiger partial charge in [0.05, 0.1) is 0 Å². The highest BCUT2D eigenvalue weighted by atomic mass is 35.5. The molecule has 1 rings (SSSR count). The summed E-state index contributed by atoms with van der Waals surface area (Å²) in [5, 5.41) is 0.873. The Morgan fingerprint density at radius 1 is 1.36 bits per heavy atom. The molecule has 2 N–H and O–H groups in total. The van der Waals surface area contributed by atoms with Crippen LogP contribution in [0.3, 0.4) is 0 Å². The van der Waals surface area contributed by atoms with E-state index in [2.05, 4.69) is 13.0 Å². The lowest BCUT2D eigenvalue weighted by Crippen LogP contribution is -2.18. The molecule has 1 nitrogen and oxygen atoms in total. The molecule has 0 aromatic heterocycles. The second kappa shape index (κ2) is 6.05. The Hall–Kier alpha value is -0.530. The number of hydrogen-bond acceptors (Lipinski definition) is 1. The summed E-state index contributed by atoms with van der Waals surface area (Å²) in [5.74, 6) is 0. The molecule has 0 fully saturated rings. The summed E-state index contributed by atoms with van der Waals surface area (Å²) in [4.78, 5) is 0. The molecular weight excluding hydrogens is 194 g/mol. The molecule has 14 heavy (non-hydrogen) atoms. The number of aryl methyl sites for hydroxylation is 1. The molecular formula is C12H18ClN. The van der Waals surface area contributed by atoms with Crippen molar-refractivity contribution in [2.24, 2.45) is 5.73 Å². The standard InChI is InChI=1S/C12H18ClN/c1-2-11(14)8-5-7-10-6-3-4-9-12(10)13/h3-4,6,9,11H,2,5,7-8,14H2,1H3. The van der Waals surface area contributed by atoms with E-state index < -0.39 is 0 Å². The number of nitrogens with two attached hydrogens (primary N) is 1. The molecule has 0 saturated carbocycles. The first-order chi connectivity index (χ1) is 6.74. The minimum atomic E-state index is 0.345. The van der Waals surface area contributed by atoms with Crippen LogP contribution in [-0.4, -0.2) is 6.04 Å². The molecule has 0 aliphatic rings. The van der Waals surface area contributed by atoms with Crippen molar-refractivity contribution >= 4 is 11.6 Å². The molecule has 0 spiro atoms. The van der Waals surface area contributed by atoms with Crippen LogP contribution in [0.2, 0.25) is 5.02 Å².